The molecule has 2 aromatic heterocycles. The summed E-state index contributed by atoms with van der Waals surface area (Å²) in [7, 11) is 0. The first-order valence-corrected chi connectivity index (χ1v) is 7.21. The third-order valence-electron chi connectivity index (χ3n) is 3.94. The van der Waals surface area contributed by atoms with Gasteiger partial charge in [0.1, 0.15) is 5.82 Å². The van der Waals surface area contributed by atoms with Gasteiger partial charge in [-0.05, 0) is 36.4 Å². The average molecular weight is 347 g/mol. The van der Waals surface area contributed by atoms with Crippen molar-refractivity contribution in [1.29, 1.82) is 0 Å². The highest BCUT2D eigenvalue weighted by atomic mass is 19.4. The minimum atomic E-state index is -4.47. The highest BCUT2D eigenvalue weighted by Crippen LogP contribution is 2.32. The van der Waals surface area contributed by atoms with Crippen LogP contribution in [0.4, 0.5) is 17.6 Å². The number of halogens is 4. The monoisotopic (exact) mass is 347 g/mol. The number of alkyl halides is 3. The summed E-state index contributed by atoms with van der Waals surface area (Å²) >= 11 is 0. The number of pyridine rings is 1. The van der Waals surface area contributed by atoms with Gasteiger partial charge in [0.2, 0.25) is 0 Å². The lowest BCUT2D eigenvalue weighted by molar-refractivity contribution is -0.137. The second-order valence-electron chi connectivity index (χ2n) is 5.51. The molecule has 4 aromatic rings. The van der Waals surface area contributed by atoms with E-state index in [9.17, 15) is 22.4 Å². The standard InChI is InChI=1S/C17H9F4N3O/c18-10-2-4-11(5-3-10)24-16(25)13-8-22-14-7-9(17(19,20)21)1-6-12(14)15(13)23-24/h1-8,23H. The van der Waals surface area contributed by atoms with E-state index < -0.39 is 23.1 Å². The van der Waals surface area contributed by atoms with Gasteiger partial charge < -0.3 is 0 Å². The lowest BCUT2D eigenvalue weighted by atomic mass is 10.1. The molecule has 0 unspecified atom stereocenters. The first-order valence-electron chi connectivity index (χ1n) is 7.21. The lowest BCUT2D eigenvalue weighted by Crippen LogP contribution is -2.14. The van der Waals surface area contributed by atoms with E-state index >= 15 is 0 Å². The SMILES string of the molecule is O=c1c2cnc3cc(C(F)(F)F)ccc3c2[nH]n1-c1ccc(F)cc1. The predicted molar refractivity (Wildman–Crippen MR) is 84.2 cm³/mol. The third kappa shape index (κ3) is 2.46. The number of H-pyrrole nitrogens is 1. The van der Waals surface area contributed by atoms with Crippen LogP contribution in [0.3, 0.4) is 0 Å². The third-order valence-corrected chi connectivity index (χ3v) is 3.94. The summed E-state index contributed by atoms with van der Waals surface area (Å²) in [4.78, 5) is 16.5. The van der Waals surface area contributed by atoms with Gasteiger partial charge in [-0.25, -0.2) is 9.07 Å². The molecule has 0 aliphatic heterocycles. The fourth-order valence-electron chi connectivity index (χ4n) is 2.71. The zero-order valence-corrected chi connectivity index (χ0v) is 12.4. The number of benzene rings is 2. The topological polar surface area (TPSA) is 50.7 Å². The van der Waals surface area contributed by atoms with E-state index in [1.165, 1.54) is 41.2 Å². The molecular weight excluding hydrogens is 338 g/mol. The van der Waals surface area contributed by atoms with Gasteiger partial charge in [0.15, 0.2) is 0 Å². The van der Waals surface area contributed by atoms with Gasteiger partial charge in [-0.15, -0.1) is 0 Å². The lowest BCUT2D eigenvalue weighted by Gasteiger charge is -2.07. The first kappa shape index (κ1) is 15.4. The molecule has 0 amide bonds. The summed E-state index contributed by atoms with van der Waals surface area (Å²) < 4.78 is 52.7. The van der Waals surface area contributed by atoms with Crippen molar-refractivity contribution in [3.8, 4) is 5.69 Å². The Morgan fingerprint density at radius 3 is 2.40 bits per heavy atom. The van der Waals surface area contributed by atoms with Crippen molar-refractivity contribution in [3.63, 3.8) is 0 Å². The number of fused-ring (bicyclic) bond motifs is 3. The maximum Gasteiger partial charge on any atom is 0.416 e. The van der Waals surface area contributed by atoms with Crippen LogP contribution < -0.4 is 5.56 Å². The van der Waals surface area contributed by atoms with Crippen LogP contribution in [0, 0.1) is 5.82 Å². The van der Waals surface area contributed by atoms with Crippen LogP contribution in [0.15, 0.2) is 53.5 Å². The van der Waals surface area contributed by atoms with E-state index in [-0.39, 0.29) is 10.9 Å². The maximum absolute atomic E-state index is 13.1. The van der Waals surface area contributed by atoms with Crippen molar-refractivity contribution in [2.45, 2.75) is 6.18 Å². The second kappa shape index (κ2) is 5.17. The van der Waals surface area contributed by atoms with Crippen molar-refractivity contribution in [2.24, 2.45) is 0 Å². The molecule has 0 saturated carbocycles. The fraction of sp³-hybridized carbons (Fsp3) is 0.0588. The first-order chi connectivity index (χ1) is 11.8. The summed E-state index contributed by atoms with van der Waals surface area (Å²) in [6, 6.07) is 8.41. The Bertz CT molecular complexity index is 1160. The molecule has 25 heavy (non-hydrogen) atoms. The second-order valence-corrected chi connectivity index (χ2v) is 5.51. The predicted octanol–water partition coefficient (Wildman–Crippen LogP) is 4.02. The molecule has 0 bridgehead atoms. The fourth-order valence-corrected chi connectivity index (χ4v) is 2.71. The summed E-state index contributed by atoms with van der Waals surface area (Å²) in [6.45, 7) is 0. The van der Waals surface area contributed by atoms with Crippen molar-refractivity contribution < 1.29 is 17.6 Å². The molecule has 0 fully saturated rings. The van der Waals surface area contributed by atoms with E-state index in [2.05, 4.69) is 10.1 Å². The smallest absolute Gasteiger partial charge is 0.290 e. The summed E-state index contributed by atoms with van der Waals surface area (Å²) in [5, 5.41) is 3.49. The number of aromatic nitrogens is 3. The van der Waals surface area contributed by atoms with Crippen LogP contribution in [0.5, 0.6) is 0 Å². The molecule has 0 saturated heterocycles. The van der Waals surface area contributed by atoms with Crippen molar-refractivity contribution in [2.75, 3.05) is 0 Å². The number of hydrogen-bond donors (Lipinski definition) is 1. The normalized spacial score (nSPS) is 12.2. The largest absolute Gasteiger partial charge is 0.416 e. The number of nitrogens with one attached hydrogen (secondary N) is 1. The van der Waals surface area contributed by atoms with Gasteiger partial charge in [-0.1, -0.05) is 6.07 Å². The van der Waals surface area contributed by atoms with Crippen LogP contribution in [0.25, 0.3) is 27.5 Å². The van der Waals surface area contributed by atoms with Gasteiger partial charge in [0.25, 0.3) is 5.56 Å². The number of hydrogen-bond acceptors (Lipinski definition) is 2. The molecule has 0 spiro atoms. The zero-order valence-electron chi connectivity index (χ0n) is 12.4. The molecule has 0 aliphatic rings. The Hall–Kier alpha value is -3.16. The average Bonchev–Trinajstić information content (AvgIpc) is 2.91. The highest BCUT2D eigenvalue weighted by Gasteiger charge is 2.30. The van der Waals surface area contributed by atoms with Crippen molar-refractivity contribution >= 4 is 21.8 Å². The number of rotatable bonds is 1. The molecular formula is C17H9F4N3O. The van der Waals surface area contributed by atoms with E-state index in [0.717, 1.165) is 12.1 Å². The molecule has 2 heterocycles. The van der Waals surface area contributed by atoms with Gasteiger partial charge in [0.05, 0.1) is 27.7 Å². The van der Waals surface area contributed by atoms with E-state index in [0.29, 0.717) is 16.6 Å². The van der Waals surface area contributed by atoms with Crippen LogP contribution in [-0.2, 0) is 6.18 Å². The zero-order chi connectivity index (χ0) is 17.8. The van der Waals surface area contributed by atoms with Crippen molar-refractivity contribution in [1.82, 2.24) is 14.8 Å². The minimum Gasteiger partial charge on any atom is -0.290 e. The van der Waals surface area contributed by atoms with Crippen molar-refractivity contribution in [3.05, 3.63) is 70.4 Å². The van der Waals surface area contributed by atoms with E-state index in [1.807, 2.05) is 0 Å². The summed E-state index contributed by atoms with van der Waals surface area (Å²) in [6.07, 6.45) is -3.24. The van der Waals surface area contributed by atoms with Crippen LogP contribution >= 0.6 is 0 Å². The Labute approximate surface area is 137 Å². The number of nitrogens with zero attached hydrogens (tertiary/aromatic N) is 2. The Morgan fingerprint density at radius 2 is 1.72 bits per heavy atom. The van der Waals surface area contributed by atoms with E-state index in [1.54, 1.807) is 0 Å². The molecule has 2 aromatic carbocycles. The molecule has 126 valence electrons. The van der Waals surface area contributed by atoms with Gasteiger partial charge >= 0.3 is 6.18 Å². The van der Waals surface area contributed by atoms with Crippen LogP contribution in [0.2, 0.25) is 0 Å². The molecule has 0 atom stereocenters. The maximum atomic E-state index is 13.1. The summed E-state index contributed by atoms with van der Waals surface area (Å²) in [5.74, 6) is -0.445. The molecule has 0 radical (unpaired) electrons. The molecule has 4 nitrogen and oxygen atoms in total. The van der Waals surface area contributed by atoms with Gasteiger partial charge in [-0.2, -0.15) is 13.2 Å². The molecule has 1 N–H and O–H groups in total. The minimum absolute atomic E-state index is 0.120. The quantitative estimate of drug-likeness (QED) is 0.529. The highest BCUT2D eigenvalue weighted by molar-refractivity contribution is 6.02. The molecule has 8 heteroatoms. The summed E-state index contributed by atoms with van der Waals surface area (Å²) in [5.41, 5.74) is -0.339. The Morgan fingerprint density at radius 1 is 1.00 bits per heavy atom. The van der Waals surface area contributed by atoms with Gasteiger partial charge in [-0.3, -0.25) is 14.9 Å². The Kier molecular flexibility index (Phi) is 3.18. The van der Waals surface area contributed by atoms with Crippen LogP contribution in [0.1, 0.15) is 5.56 Å². The van der Waals surface area contributed by atoms with Crippen LogP contribution in [-0.4, -0.2) is 14.8 Å². The Balaban J connectivity index is 1.98. The number of aromatic amines is 1. The van der Waals surface area contributed by atoms with E-state index in [4.69, 9.17) is 0 Å². The van der Waals surface area contributed by atoms with Gasteiger partial charge in [0, 0.05) is 11.6 Å². The molecule has 0 aliphatic carbocycles. The molecule has 4 rings (SSSR count).